The van der Waals surface area contributed by atoms with Gasteiger partial charge in [-0.25, -0.2) is 0 Å². The maximum Gasteiger partial charge on any atom is 0.231 e. The summed E-state index contributed by atoms with van der Waals surface area (Å²) in [6.07, 6.45) is 1.70. The highest BCUT2D eigenvalue weighted by atomic mass is 127. The van der Waals surface area contributed by atoms with Crippen molar-refractivity contribution in [1.82, 2.24) is 3.11 Å². The largest absolute Gasteiger partial charge is 0.330 e. The summed E-state index contributed by atoms with van der Waals surface area (Å²) in [7, 11) is 0. The molecule has 0 saturated carbocycles. The van der Waals surface area contributed by atoms with E-state index in [4.69, 9.17) is 5.73 Å². The second-order valence-corrected chi connectivity index (χ2v) is 3.74. The van der Waals surface area contributed by atoms with Crippen LogP contribution in [-0.2, 0) is 4.79 Å². The molecule has 0 aromatic rings. The average Bonchev–Trinajstić information content (AvgIpc) is 1.95. The van der Waals surface area contributed by atoms with E-state index in [1.165, 1.54) is 0 Å². The van der Waals surface area contributed by atoms with E-state index in [1.807, 2.05) is 0 Å². The van der Waals surface area contributed by atoms with E-state index < -0.39 is 0 Å². The number of nitrogens with two attached hydrogens (primary N) is 1. The summed E-state index contributed by atoms with van der Waals surface area (Å²) >= 11 is 2.05. The van der Waals surface area contributed by atoms with Crippen LogP contribution in [0.2, 0.25) is 0 Å². The summed E-state index contributed by atoms with van der Waals surface area (Å²) in [4.78, 5) is 11.0. The minimum absolute atomic E-state index is 0.224. The van der Waals surface area contributed by atoms with Crippen molar-refractivity contribution >= 4 is 28.8 Å². The molecule has 0 spiro atoms. The van der Waals surface area contributed by atoms with Crippen LogP contribution < -0.4 is 5.73 Å². The maximum absolute atomic E-state index is 11.0. The smallest absolute Gasteiger partial charge is 0.231 e. The number of piperidine rings is 1. The molecule has 1 atom stereocenters. The van der Waals surface area contributed by atoms with Crippen molar-refractivity contribution in [3.63, 3.8) is 0 Å². The van der Waals surface area contributed by atoms with Gasteiger partial charge < -0.3 is 5.73 Å². The van der Waals surface area contributed by atoms with Crippen LogP contribution in [0.4, 0.5) is 0 Å². The number of hydrogen-bond acceptors (Lipinski definition) is 2. The number of hydrogen-bond donors (Lipinski definition) is 1. The van der Waals surface area contributed by atoms with E-state index in [1.54, 1.807) is 3.11 Å². The van der Waals surface area contributed by atoms with Gasteiger partial charge in [-0.3, -0.25) is 7.91 Å². The Hall–Kier alpha value is 0.160. The molecule has 4 heteroatoms. The lowest BCUT2D eigenvalue weighted by Crippen LogP contribution is -2.34. The van der Waals surface area contributed by atoms with Gasteiger partial charge in [0.1, 0.15) is 0 Å². The van der Waals surface area contributed by atoms with E-state index >= 15 is 0 Å². The Morgan fingerprint density at radius 3 is 3.00 bits per heavy atom. The predicted molar refractivity (Wildman–Crippen MR) is 47.5 cm³/mol. The van der Waals surface area contributed by atoms with Crippen molar-refractivity contribution in [2.75, 3.05) is 13.1 Å². The number of amides is 1. The quantitative estimate of drug-likeness (QED) is 0.548. The molecule has 10 heavy (non-hydrogen) atoms. The molecule has 58 valence electrons. The Bertz CT molecular complexity index is 140. The first-order valence-corrected chi connectivity index (χ1v) is 4.36. The molecule has 1 fully saturated rings. The third-order valence-corrected chi connectivity index (χ3v) is 2.82. The zero-order valence-electron chi connectivity index (χ0n) is 5.72. The molecule has 0 aromatic carbocycles. The third-order valence-electron chi connectivity index (χ3n) is 1.80. The molecule has 1 heterocycles. The second kappa shape index (κ2) is 3.52. The Labute approximate surface area is 74.4 Å². The Morgan fingerprint density at radius 2 is 2.50 bits per heavy atom. The molecule has 0 aliphatic carbocycles. The molecule has 0 aromatic heterocycles. The fraction of sp³-hybridized carbons (Fsp3) is 0.833. The number of carbonyl (C=O) groups is 1. The number of halogens is 1. The highest BCUT2D eigenvalue weighted by molar-refractivity contribution is 14.1. The summed E-state index contributed by atoms with van der Waals surface area (Å²) in [6.45, 7) is 1.51. The monoisotopic (exact) mass is 254 g/mol. The van der Waals surface area contributed by atoms with Crippen LogP contribution in [0.25, 0.3) is 0 Å². The zero-order chi connectivity index (χ0) is 7.56. The van der Waals surface area contributed by atoms with Gasteiger partial charge in [0.25, 0.3) is 0 Å². The van der Waals surface area contributed by atoms with Gasteiger partial charge in [0, 0.05) is 13.0 Å². The summed E-state index contributed by atoms with van der Waals surface area (Å²) in [5, 5.41) is 0. The lowest BCUT2D eigenvalue weighted by Gasteiger charge is -2.25. The maximum atomic E-state index is 11.0. The second-order valence-electron chi connectivity index (χ2n) is 2.57. The number of nitrogens with zero attached hydrogens (tertiary/aromatic N) is 1. The van der Waals surface area contributed by atoms with Gasteiger partial charge in [-0.15, -0.1) is 0 Å². The predicted octanol–water partition coefficient (Wildman–Crippen LogP) is 0.534. The van der Waals surface area contributed by atoms with Gasteiger partial charge in [-0.2, -0.15) is 0 Å². The Morgan fingerprint density at radius 1 is 1.80 bits per heavy atom. The van der Waals surface area contributed by atoms with Crippen molar-refractivity contribution in [2.24, 2.45) is 11.7 Å². The molecule has 1 aliphatic heterocycles. The molecule has 1 rings (SSSR count). The van der Waals surface area contributed by atoms with E-state index in [-0.39, 0.29) is 5.91 Å². The van der Waals surface area contributed by atoms with Crippen LogP contribution in [0, 0.1) is 5.92 Å². The van der Waals surface area contributed by atoms with Gasteiger partial charge in [0.15, 0.2) is 0 Å². The summed E-state index contributed by atoms with van der Waals surface area (Å²) in [5.74, 6) is 0.654. The van der Waals surface area contributed by atoms with Crippen LogP contribution in [0.5, 0.6) is 0 Å². The SMILES string of the molecule is NCC1CCN(I)C(=O)C1. The number of carbonyl (C=O) groups excluding carboxylic acids is 1. The van der Waals surface area contributed by atoms with Gasteiger partial charge >= 0.3 is 0 Å². The molecular formula is C6H11IN2O. The van der Waals surface area contributed by atoms with Crippen LogP contribution in [0.3, 0.4) is 0 Å². The average molecular weight is 254 g/mol. The highest BCUT2D eigenvalue weighted by Crippen LogP contribution is 2.19. The zero-order valence-corrected chi connectivity index (χ0v) is 7.87. The van der Waals surface area contributed by atoms with Crippen molar-refractivity contribution in [2.45, 2.75) is 12.8 Å². The lowest BCUT2D eigenvalue weighted by atomic mass is 9.98. The first-order valence-electron chi connectivity index (χ1n) is 3.40. The molecule has 0 bridgehead atoms. The Kier molecular flexibility index (Phi) is 2.91. The Balaban J connectivity index is 2.41. The van der Waals surface area contributed by atoms with Gasteiger partial charge in [0.2, 0.25) is 5.91 Å². The standard InChI is InChI=1S/C6H11IN2O/c7-9-2-1-5(4-8)3-6(9)10/h5H,1-4,8H2. The summed E-state index contributed by atoms with van der Waals surface area (Å²) in [6, 6.07) is 0. The normalized spacial score (nSPS) is 27.2. The van der Waals surface area contributed by atoms with Crippen LogP contribution in [0.1, 0.15) is 12.8 Å². The van der Waals surface area contributed by atoms with Crippen molar-refractivity contribution in [3.05, 3.63) is 0 Å². The number of rotatable bonds is 1. The molecule has 2 N–H and O–H groups in total. The van der Waals surface area contributed by atoms with Crippen molar-refractivity contribution < 1.29 is 4.79 Å². The highest BCUT2D eigenvalue weighted by Gasteiger charge is 2.22. The third kappa shape index (κ3) is 1.82. The van der Waals surface area contributed by atoms with Gasteiger partial charge in [0.05, 0.1) is 22.9 Å². The summed E-state index contributed by atoms with van der Waals surface area (Å²) < 4.78 is 1.74. The van der Waals surface area contributed by atoms with Crippen LogP contribution >= 0.6 is 22.9 Å². The molecule has 1 aliphatic rings. The molecule has 1 amide bonds. The molecule has 3 nitrogen and oxygen atoms in total. The van der Waals surface area contributed by atoms with Crippen LogP contribution in [-0.4, -0.2) is 22.1 Å². The van der Waals surface area contributed by atoms with Gasteiger partial charge in [-0.05, 0) is 18.9 Å². The topological polar surface area (TPSA) is 46.3 Å². The summed E-state index contributed by atoms with van der Waals surface area (Å²) in [5.41, 5.74) is 5.44. The molecule has 1 unspecified atom stereocenters. The molecular weight excluding hydrogens is 243 g/mol. The molecule has 0 radical (unpaired) electrons. The van der Waals surface area contributed by atoms with E-state index in [0.29, 0.717) is 18.9 Å². The first kappa shape index (κ1) is 8.26. The van der Waals surface area contributed by atoms with Crippen molar-refractivity contribution in [1.29, 1.82) is 0 Å². The fourth-order valence-electron chi connectivity index (χ4n) is 1.07. The lowest BCUT2D eigenvalue weighted by molar-refractivity contribution is -0.128. The fourth-order valence-corrected chi connectivity index (χ4v) is 1.55. The van der Waals surface area contributed by atoms with Crippen molar-refractivity contribution in [3.8, 4) is 0 Å². The van der Waals surface area contributed by atoms with Crippen LogP contribution in [0.15, 0.2) is 0 Å². The minimum atomic E-state index is 0.224. The van der Waals surface area contributed by atoms with E-state index in [2.05, 4.69) is 22.9 Å². The first-order chi connectivity index (χ1) is 4.74. The van der Waals surface area contributed by atoms with E-state index in [0.717, 1.165) is 13.0 Å². The van der Waals surface area contributed by atoms with E-state index in [9.17, 15) is 4.79 Å². The molecule has 1 saturated heterocycles. The van der Waals surface area contributed by atoms with Gasteiger partial charge in [-0.1, -0.05) is 0 Å². The minimum Gasteiger partial charge on any atom is -0.330 e.